The van der Waals surface area contributed by atoms with E-state index < -0.39 is 51.6 Å². The van der Waals surface area contributed by atoms with E-state index in [1.54, 1.807) is 23.0 Å². The standard InChI is InChI=1S/C37H40ClF5N8O3/c1-53-25-9-14-48(21-25)12-3-7-29(52)51-16-15-49(20-24(51)8-11-44)34-27-18-45-32(26-5-2-6-28(38)30(26)37(41,42)43)31(40)33(27)46-35(47-34)54-22-36-10-4-13-50(36)19-23(39)17-36/h2-3,5-7,18,23-25H,4,8-10,12-17,19-22H2,1H3/b7-3+/t23-,24+,25+,36+/m1/s1. The highest BCUT2D eigenvalue weighted by atomic mass is 35.5. The Bertz CT molecular complexity index is 1960. The maximum atomic E-state index is 16.6. The number of benzene rings is 1. The number of pyridine rings is 1. The fraction of sp³-hybridized carbons (Fsp3) is 0.541. The van der Waals surface area contributed by atoms with E-state index in [0.717, 1.165) is 38.1 Å². The molecule has 3 aromatic rings. The van der Waals surface area contributed by atoms with E-state index >= 15 is 4.39 Å². The molecular formula is C37H40ClF5N8O3. The van der Waals surface area contributed by atoms with Crippen LogP contribution in [0.1, 0.15) is 37.7 Å². The van der Waals surface area contributed by atoms with E-state index in [-0.39, 0.29) is 80.4 Å². The van der Waals surface area contributed by atoms with Gasteiger partial charge >= 0.3 is 12.2 Å². The minimum atomic E-state index is -4.91. The van der Waals surface area contributed by atoms with Crippen LogP contribution in [0.3, 0.4) is 0 Å². The molecule has 4 aliphatic heterocycles. The van der Waals surface area contributed by atoms with Crippen LogP contribution in [0.2, 0.25) is 5.02 Å². The zero-order valence-corrected chi connectivity index (χ0v) is 30.4. The Balaban J connectivity index is 1.21. The first-order valence-corrected chi connectivity index (χ1v) is 18.4. The monoisotopic (exact) mass is 774 g/mol. The maximum absolute atomic E-state index is 16.6. The van der Waals surface area contributed by atoms with Crippen LogP contribution >= 0.6 is 11.6 Å². The quantitative estimate of drug-likeness (QED) is 0.189. The van der Waals surface area contributed by atoms with Gasteiger partial charge in [-0.1, -0.05) is 29.8 Å². The molecule has 11 nitrogen and oxygen atoms in total. The Morgan fingerprint density at radius 3 is 2.76 bits per heavy atom. The summed E-state index contributed by atoms with van der Waals surface area (Å²) in [6.45, 7) is 3.80. The summed E-state index contributed by atoms with van der Waals surface area (Å²) < 4.78 is 85.2. The highest BCUT2D eigenvalue weighted by Crippen LogP contribution is 2.44. The lowest BCUT2D eigenvalue weighted by Crippen LogP contribution is -2.55. The van der Waals surface area contributed by atoms with Gasteiger partial charge in [-0.2, -0.15) is 28.4 Å². The van der Waals surface area contributed by atoms with E-state index in [0.29, 0.717) is 19.5 Å². The Morgan fingerprint density at radius 1 is 1.17 bits per heavy atom. The van der Waals surface area contributed by atoms with Crippen LogP contribution in [0.5, 0.6) is 6.01 Å². The summed E-state index contributed by atoms with van der Waals surface area (Å²) in [4.78, 5) is 34.2. The fourth-order valence-corrected chi connectivity index (χ4v) is 8.63. The minimum Gasteiger partial charge on any atom is -0.461 e. The number of nitrogens with zero attached hydrogens (tertiary/aromatic N) is 8. The Morgan fingerprint density at radius 2 is 2.00 bits per heavy atom. The van der Waals surface area contributed by atoms with Crippen LogP contribution in [-0.2, 0) is 15.7 Å². The molecule has 1 aromatic carbocycles. The summed E-state index contributed by atoms with van der Waals surface area (Å²) in [7, 11) is 1.68. The SMILES string of the molecule is CO[C@H]1CCN(C/C=C/C(=O)N2CCN(c3nc(OC[C@@]45CCCN4C[C@H](F)C5)nc4c(F)c(-c5cccc(Cl)c5C(F)(F)F)ncc34)C[C@@H]2CC#N)C1. The van der Waals surface area contributed by atoms with Crippen LogP contribution in [0.4, 0.5) is 27.8 Å². The Kier molecular flexibility index (Phi) is 11.0. The lowest BCUT2D eigenvalue weighted by Gasteiger charge is -2.41. The molecule has 2 aromatic heterocycles. The first-order chi connectivity index (χ1) is 25.9. The van der Waals surface area contributed by atoms with Crippen molar-refractivity contribution >= 4 is 34.2 Å². The molecule has 0 saturated carbocycles. The normalized spacial score (nSPS) is 25.2. The number of likely N-dealkylation sites (tertiary alicyclic amines) is 1. The zero-order chi connectivity index (χ0) is 38.2. The van der Waals surface area contributed by atoms with Crippen molar-refractivity contribution in [3.8, 4) is 23.3 Å². The van der Waals surface area contributed by atoms with Crippen molar-refractivity contribution in [2.75, 3.05) is 71.0 Å². The predicted molar refractivity (Wildman–Crippen MR) is 190 cm³/mol. The number of alkyl halides is 4. The number of piperazine rings is 1. The van der Waals surface area contributed by atoms with Crippen molar-refractivity contribution in [1.82, 2.24) is 29.7 Å². The van der Waals surface area contributed by atoms with E-state index in [1.165, 1.54) is 18.3 Å². The van der Waals surface area contributed by atoms with Gasteiger partial charge in [0.25, 0.3) is 0 Å². The predicted octanol–water partition coefficient (Wildman–Crippen LogP) is 5.67. The molecule has 0 N–H and O–H groups in total. The van der Waals surface area contributed by atoms with Crippen LogP contribution in [-0.4, -0.2) is 125 Å². The van der Waals surface area contributed by atoms with Crippen molar-refractivity contribution in [3.05, 3.63) is 53.0 Å². The molecule has 54 heavy (non-hydrogen) atoms. The summed E-state index contributed by atoms with van der Waals surface area (Å²) in [5, 5.41) is 9.22. The van der Waals surface area contributed by atoms with Gasteiger partial charge in [0.1, 0.15) is 29.8 Å². The molecule has 17 heteroatoms. The number of halogens is 6. The number of hydrogen-bond donors (Lipinski definition) is 0. The van der Waals surface area contributed by atoms with E-state index in [4.69, 9.17) is 21.1 Å². The molecule has 4 atom stereocenters. The topological polar surface area (TPSA) is 111 Å². The van der Waals surface area contributed by atoms with Crippen LogP contribution in [0, 0.1) is 17.1 Å². The summed E-state index contributed by atoms with van der Waals surface area (Å²) in [6, 6.07) is 4.78. The molecule has 7 rings (SSSR count). The number of carbonyl (C=O) groups is 1. The Hall–Kier alpha value is -4.17. The van der Waals surface area contributed by atoms with Gasteiger partial charge in [-0.05, 0) is 31.9 Å². The van der Waals surface area contributed by atoms with E-state index in [9.17, 15) is 27.6 Å². The molecule has 4 aliphatic rings. The molecule has 6 heterocycles. The summed E-state index contributed by atoms with van der Waals surface area (Å²) in [5.41, 5.74) is -3.32. The molecule has 288 valence electrons. The second-order valence-electron chi connectivity index (χ2n) is 14.3. The zero-order valence-electron chi connectivity index (χ0n) is 29.7. The van der Waals surface area contributed by atoms with Gasteiger partial charge in [0, 0.05) is 77.2 Å². The Labute approximate surface area is 314 Å². The van der Waals surface area contributed by atoms with Crippen molar-refractivity contribution in [3.63, 3.8) is 0 Å². The van der Waals surface area contributed by atoms with Crippen LogP contribution < -0.4 is 9.64 Å². The average molecular weight is 775 g/mol. The van der Waals surface area contributed by atoms with Crippen LogP contribution in [0.15, 0.2) is 36.5 Å². The largest absolute Gasteiger partial charge is 0.461 e. The van der Waals surface area contributed by atoms with Crippen molar-refractivity contribution < 1.29 is 36.2 Å². The molecule has 0 bridgehead atoms. The summed E-state index contributed by atoms with van der Waals surface area (Å²) >= 11 is 5.97. The number of methoxy groups -OCH3 is 1. The number of nitriles is 1. The lowest BCUT2D eigenvalue weighted by atomic mass is 9.95. The molecule has 4 saturated heterocycles. The molecule has 1 amide bonds. The van der Waals surface area contributed by atoms with Gasteiger partial charge in [0.15, 0.2) is 5.82 Å². The second-order valence-corrected chi connectivity index (χ2v) is 14.7. The number of anilines is 1. The molecule has 0 unspecified atom stereocenters. The number of ether oxygens (including phenoxy) is 2. The van der Waals surface area contributed by atoms with Gasteiger partial charge in [0.2, 0.25) is 5.91 Å². The fourth-order valence-electron chi connectivity index (χ4n) is 8.34. The van der Waals surface area contributed by atoms with Crippen molar-refractivity contribution in [1.29, 1.82) is 5.26 Å². The molecular weight excluding hydrogens is 735 g/mol. The third-order valence-corrected chi connectivity index (χ3v) is 11.3. The number of carbonyl (C=O) groups excluding carboxylic acids is 1. The third kappa shape index (κ3) is 7.56. The first kappa shape index (κ1) is 38.1. The number of rotatable bonds is 10. The molecule has 0 aliphatic carbocycles. The smallest absolute Gasteiger partial charge is 0.418 e. The first-order valence-electron chi connectivity index (χ1n) is 18.0. The van der Waals surface area contributed by atoms with Gasteiger partial charge in [0.05, 0.1) is 46.1 Å². The highest BCUT2D eigenvalue weighted by molar-refractivity contribution is 6.31. The average Bonchev–Trinajstić information content (AvgIpc) is 3.84. The van der Waals surface area contributed by atoms with E-state index in [2.05, 4.69) is 25.9 Å². The molecule has 4 fully saturated rings. The van der Waals surface area contributed by atoms with Gasteiger partial charge in [-0.25, -0.2) is 8.78 Å². The van der Waals surface area contributed by atoms with Gasteiger partial charge < -0.3 is 19.3 Å². The maximum Gasteiger partial charge on any atom is 0.418 e. The van der Waals surface area contributed by atoms with Crippen molar-refractivity contribution in [2.45, 2.75) is 62.1 Å². The van der Waals surface area contributed by atoms with Crippen LogP contribution in [0.25, 0.3) is 22.2 Å². The lowest BCUT2D eigenvalue weighted by molar-refractivity contribution is -0.137. The minimum absolute atomic E-state index is 0.00139. The number of fused-ring (bicyclic) bond motifs is 2. The molecule has 0 spiro atoms. The highest BCUT2D eigenvalue weighted by Gasteiger charge is 2.49. The second kappa shape index (κ2) is 15.5. The summed E-state index contributed by atoms with van der Waals surface area (Å²) in [6.07, 6.45) is 1.48. The van der Waals surface area contributed by atoms with Gasteiger partial charge in [-0.3, -0.25) is 19.6 Å². The summed E-state index contributed by atoms with van der Waals surface area (Å²) in [5.74, 6) is -1.21. The number of hydrogen-bond acceptors (Lipinski definition) is 10. The third-order valence-electron chi connectivity index (χ3n) is 11.0. The number of amides is 1. The van der Waals surface area contributed by atoms with Gasteiger partial charge in [-0.15, -0.1) is 0 Å². The number of aromatic nitrogens is 3. The molecule has 0 radical (unpaired) electrons. The van der Waals surface area contributed by atoms with Crippen molar-refractivity contribution in [2.24, 2.45) is 0 Å². The van der Waals surface area contributed by atoms with E-state index in [1.807, 2.05) is 4.90 Å².